The third-order valence-electron chi connectivity index (χ3n) is 9.70. The number of hydrogen-bond acceptors (Lipinski definition) is 3. The van der Waals surface area contributed by atoms with Gasteiger partial charge in [-0.05, 0) is 79.8 Å². The Morgan fingerprint density at radius 2 is 1.61 bits per heavy atom. The van der Waals surface area contributed by atoms with Crippen LogP contribution >= 0.6 is 0 Å². The van der Waals surface area contributed by atoms with Crippen LogP contribution in [0.25, 0.3) is 0 Å². The average Bonchev–Trinajstić information content (AvgIpc) is 2.91. The van der Waals surface area contributed by atoms with E-state index in [1.165, 1.54) is 0 Å². The van der Waals surface area contributed by atoms with E-state index in [0.29, 0.717) is 11.8 Å². The van der Waals surface area contributed by atoms with Gasteiger partial charge in [-0.2, -0.15) is 0 Å². The maximum Gasteiger partial charge on any atom is 0.116 e. The maximum absolute atomic E-state index is 12.1. The molecule has 0 spiro atoms. The van der Waals surface area contributed by atoms with Gasteiger partial charge in [0.05, 0.1) is 11.7 Å². The monoisotopic (exact) mass is 382 g/mol. The molecule has 152 valence electrons. The summed E-state index contributed by atoms with van der Waals surface area (Å²) in [5, 5.41) is 34.1. The van der Waals surface area contributed by atoms with Crippen LogP contribution in [0.4, 0.5) is 0 Å². The van der Waals surface area contributed by atoms with E-state index in [0.717, 1.165) is 50.5 Å². The molecule has 4 aliphatic rings. The molecule has 3 heteroatoms. The van der Waals surface area contributed by atoms with Gasteiger partial charge in [-0.25, -0.2) is 0 Å². The van der Waals surface area contributed by atoms with Crippen molar-refractivity contribution in [2.45, 2.75) is 76.1 Å². The Hall–Kier alpha value is -1.16. The van der Waals surface area contributed by atoms with Gasteiger partial charge in [0.1, 0.15) is 5.60 Å². The number of rotatable bonds is 1. The van der Waals surface area contributed by atoms with E-state index < -0.39 is 16.6 Å². The largest absolute Gasteiger partial charge is 0.393 e. The van der Waals surface area contributed by atoms with Crippen molar-refractivity contribution < 1.29 is 15.3 Å². The van der Waals surface area contributed by atoms with Gasteiger partial charge in [0.15, 0.2) is 0 Å². The van der Waals surface area contributed by atoms with Crippen LogP contribution in [0.1, 0.15) is 64.4 Å². The molecule has 8 atom stereocenters. The summed E-state index contributed by atoms with van der Waals surface area (Å²) in [5.41, 5.74) is -1.65. The molecule has 28 heavy (non-hydrogen) atoms. The molecule has 3 N–H and O–H groups in total. The van der Waals surface area contributed by atoms with Crippen molar-refractivity contribution in [1.82, 2.24) is 0 Å². The summed E-state index contributed by atoms with van der Waals surface area (Å²) in [4.78, 5) is 0. The SMILES string of the molecule is C[C@]12CCC(O)CC1CC[C@@H]1[C@H]2CC[C@]2(C)C(O)(c3ccccc3)C=C[C@@]12O. The molecule has 0 aromatic heterocycles. The van der Waals surface area contributed by atoms with E-state index in [9.17, 15) is 15.3 Å². The van der Waals surface area contributed by atoms with Crippen molar-refractivity contribution in [3.05, 3.63) is 48.0 Å². The minimum Gasteiger partial charge on any atom is -0.393 e. The number of aliphatic hydroxyl groups is 3. The van der Waals surface area contributed by atoms with Crippen LogP contribution in [-0.4, -0.2) is 27.0 Å². The summed E-state index contributed by atoms with van der Waals surface area (Å²) in [6, 6.07) is 9.86. The van der Waals surface area contributed by atoms with Gasteiger partial charge in [0.2, 0.25) is 0 Å². The van der Waals surface area contributed by atoms with Crippen LogP contribution < -0.4 is 0 Å². The first-order valence-electron chi connectivity index (χ1n) is 11.1. The molecule has 0 radical (unpaired) electrons. The maximum atomic E-state index is 12.1. The molecule has 3 unspecified atom stereocenters. The highest BCUT2D eigenvalue weighted by atomic mass is 16.3. The van der Waals surface area contributed by atoms with Crippen molar-refractivity contribution in [2.24, 2.45) is 28.6 Å². The summed E-state index contributed by atoms with van der Waals surface area (Å²) in [6.07, 6.45) is 10.4. The number of aliphatic hydroxyl groups excluding tert-OH is 1. The molecule has 3 fully saturated rings. The molecule has 1 aromatic carbocycles. The van der Waals surface area contributed by atoms with Gasteiger partial charge < -0.3 is 15.3 Å². The van der Waals surface area contributed by atoms with Crippen LogP contribution in [0.3, 0.4) is 0 Å². The number of hydrogen-bond donors (Lipinski definition) is 3. The highest BCUT2D eigenvalue weighted by molar-refractivity contribution is 5.41. The van der Waals surface area contributed by atoms with Crippen LogP contribution in [-0.2, 0) is 5.60 Å². The Labute approximate surface area is 168 Å². The summed E-state index contributed by atoms with van der Waals surface area (Å²) >= 11 is 0. The number of benzene rings is 1. The zero-order chi connectivity index (χ0) is 19.8. The predicted molar refractivity (Wildman–Crippen MR) is 109 cm³/mol. The van der Waals surface area contributed by atoms with E-state index in [1.54, 1.807) is 0 Å². The van der Waals surface area contributed by atoms with Gasteiger partial charge >= 0.3 is 0 Å². The minimum atomic E-state index is -1.13. The average molecular weight is 383 g/mol. The molecule has 3 saturated carbocycles. The fourth-order valence-electron chi connectivity index (χ4n) is 7.83. The van der Waals surface area contributed by atoms with Crippen LogP contribution in [0.5, 0.6) is 0 Å². The molecule has 1 aromatic rings. The highest BCUT2D eigenvalue weighted by Crippen LogP contribution is 2.69. The second-order valence-electron chi connectivity index (χ2n) is 10.6. The van der Waals surface area contributed by atoms with Gasteiger partial charge in [0.25, 0.3) is 0 Å². The van der Waals surface area contributed by atoms with E-state index in [2.05, 4.69) is 13.8 Å². The molecule has 0 saturated heterocycles. The third-order valence-corrected chi connectivity index (χ3v) is 9.70. The smallest absolute Gasteiger partial charge is 0.116 e. The second kappa shape index (κ2) is 5.93. The molecular weight excluding hydrogens is 348 g/mol. The van der Waals surface area contributed by atoms with Crippen LogP contribution in [0.2, 0.25) is 0 Å². The molecule has 4 aliphatic carbocycles. The standard InChI is InChI=1S/C25H34O3/c1-22-12-10-19(26)16-18(22)8-9-21-20(22)11-13-23(2)24(27,14-15-25(21,23)28)17-6-4-3-5-7-17/h3-7,14-15,18-21,26-28H,8-13,16H2,1-2H3/t18?,19?,20-,21-,22+,23-,24?,25-/m1/s1. The lowest BCUT2D eigenvalue weighted by Crippen LogP contribution is -2.65. The first-order valence-corrected chi connectivity index (χ1v) is 11.1. The van der Waals surface area contributed by atoms with Gasteiger partial charge in [-0.3, -0.25) is 0 Å². The predicted octanol–water partition coefficient (Wildman–Crippen LogP) is 4.17. The summed E-state index contributed by atoms with van der Waals surface area (Å²) in [5.74, 6) is 1.19. The highest BCUT2D eigenvalue weighted by Gasteiger charge is 2.69. The Bertz CT molecular complexity index is 790. The molecule has 3 nitrogen and oxygen atoms in total. The first-order chi connectivity index (χ1) is 13.2. The molecule has 0 heterocycles. The lowest BCUT2D eigenvalue weighted by atomic mass is 9.42. The van der Waals surface area contributed by atoms with Crippen LogP contribution in [0, 0.1) is 28.6 Å². The molecule has 5 rings (SSSR count). The van der Waals surface area contributed by atoms with Crippen molar-refractivity contribution >= 4 is 0 Å². The fraction of sp³-hybridized carbons (Fsp3) is 0.680. The fourth-order valence-corrected chi connectivity index (χ4v) is 7.83. The van der Waals surface area contributed by atoms with E-state index in [1.807, 2.05) is 42.5 Å². The van der Waals surface area contributed by atoms with Gasteiger partial charge in [-0.1, -0.05) is 50.3 Å². The Morgan fingerprint density at radius 3 is 2.36 bits per heavy atom. The van der Waals surface area contributed by atoms with Crippen molar-refractivity contribution in [3.8, 4) is 0 Å². The Morgan fingerprint density at radius 1 is 0.857 bits per heavy atom. The topological polar surface area (TPSA) is 60.7 Å². The summed E-state index contributed by atoms with van der Waals surface area (Å²) in [7, 11) is 0. The van der Waals surface area contributed by atoms with Crippen molar-refractivity contribution in [2.75, 3.05) is 0 Å². The zero-order valence-electron chi connectivity index (χ0n) is 17.1. The van der Waals surface area contributed by atoms with E-state index in [4.69, 9.17) is 0 Å². The van der Waals surface area contributed by atoms with E-state index in [-0.39, 0.29) is 17.4 Å². The Kier molecular flexibility index (Phi) is 3.99. The normalized spacial score (nSPS) is 52.6. The molecule has 0 amide bonds. The summed E-state index contributed by atoms with van der Waals surface area (Å²) < 4.78 is 0. The van der Waals surface area contributed by atoms with Gasteiger partial charge in [-0.15, -0.1) is 0 Å². The van der Waals surface area contributed by atoms with Crippen LogP contribution in [0.15, 0.2) is 42.5 Å². The lowest BCUT2D eigenvalue weighted by molar-refractivity contribution is -0.227. The second-order valence-corrected chi connectivity index (χ2v) is 10.6. The summed E-state index contributed by atoms with van der Waals surface area (Å²) in [6.45, 7) is 4.50. The first kappa shape index (κ1) is 18.8. The van der Waals surface area contributed by atoms with Crippen molar-refractivity contribution in [1.29, 1.82) is 0 Å². The number of fused-ring (bicyclic) bond motifs is 5. The molecule has 0 bridgehead atoms. The molecular formula is C25H34O3. The van der Waals surface area contributed by atoms with E-state index >= 15 is 0 Å². The Balaban J connectivity index is 1.54. The quantitative estimate of drug-likeness (QED) is 0.639. The third kappa shape index (κ3) is 2.16. The zero-order valence-corrected chi connectivity index (χ0v) is 17.1. The molecule has 0 aliphatic heterocycles. The minimum absolute atomic E-state index is 0.152. The van der Waals surface area contributed by atoms with Gasteiger partial charge in [0, 0.05) is 5.41 Å². The van der Waals surface area contributed by atoms with Crippen molar-refractivity contribution in [3.63, 3.8) is 0 Å². The lowest BCUT2D eigenvalue weighted by Gasteiger charge is -2.64.